The summed E-state index contributed by atoms with van der Waals surface area (Å²) >= 11 is 0. The molecule has 0 bridgehead atoms. The topological polar surface area (TPSA) is 77.0 Å². The molecule has 2 aromatic rings. The quantitative estimate of drug-likeness (QED) is 0.578. The van der Waals surface area contributed by atoms with Crippen molar-refractivity contribution in [2.24, 2.45) is 5.10 Å². The SMILES string of the molecule is CCOc1ccc(C=NNS(=O)(=O)c2ccc(C)cc2)c(OCC)c1. The van der Waals surface area contributed by atoms with Crippen LogP contribution in [-0.4, -0.2) is 27.8 Å². The van der Waals surface area contributed by atoms with E-state index >= 15 is 0 Å². The number of benzene rings is 2. The van der Waals surface area contributed by atoms with Crippen molar-refractivity contribution < 1.29 is 17.9 Å². The number of hydrogen-bond acceptors (Lipinski definition) is 5. The van der Waals surface area contributed by atoms with Crippen LogP contribution in [0.4, 0.5) is 0 Å². The molecule has 134 valence electrons. The minimum atomic E-state index is -3.70. The van der Waals surface area contributed by atoms with Crippen LogP contribution in [0.3, 0.4) is 0 Å². The third kappa shape index (κ3) is 5.22. The monoisotopic (exact) mass is 362 g/mol. The number of rotatable bonds is 8. The zero-order valence-electron chi connectivity index (χ0n) is 14.5. The van der Waals surface area contributed by atoms with Gasteiger partial charge in [0.25, 0.3) is 10.0 Å². The van der Waals surface area contributed by atoms with Gasteiger partial charge in [0.05, 0.1) is 24.3 Å². The van der Waals surface area contributed by atoms with Gasteiger partial charge in [-0.1, -0.05) is 17.7 Å². The smallest absolute Gasteiger partial charge is 0.276 e. The third-order valence-corrected chi connectivity index (χ3v) is 4.54. The van der Waals surface area contributed by atoms with E-state index in [4.69, 9.17) is 9.47 Å². The summed E-state index contributed by atoms with van der Waals surface area (Å²) in [7, 11) is -3.70. The Kier molecular flexibility index (Phi) is 6.41. The van der Waals surface area contributed by atoms with Crippen LogP contribution in [0, 0.1) is 6.92 Å². The number of aryl methyl sites for hydroxylation is 1. The van der Waals surface area contributed by atoms with Crippen molar-refractivity contribution in [2.45, 2.75) is 25.7 Å². The highest BCUT2D eigenvalue weighted by molar-refractivity contribution is 7.89. The van der Waals surface area contributed by atoms with Gasteiger partial charge in [-0.05, 0) is 45.0 Å². The maximum Gasteiger partial charge on any atom is 0.276 e. The minimum Gasteiger partial charge on any atom is -0.494 e. The van der Waals surface area contributed by atoms with Crippen LogP contribution >= 0.6 is 0 Å². The second-order valence-corrected chi connectivity index (χ2v) is 6.89. The van der Waals surface area contributed by atoms with Crippen LogP contribution in [-0.2, 0) is 10.0 Å². The van der Waals surface area contributed by atoms with E-state index in [0.717, 1.165) is 5.56 Å². The molecule has 0 fully saturated rings. The highest BCUT2D eigenvalue weighted by atomic mass is 32.2. The molecular formula is C18H22N2O4S. The van der Waals surface area contributed by atoms with Gasteiger partial charge in [0, 0.05) is 11.6 Å². The van der Waals surface area contributed by atoms with Gasteiger partial charge in [-0.25, -0.2) is 4.83 Å². The highest BCUT2D eigenvalue weighted by Gasteiger charge is 2.12. The molecule has 0 spiro atoms. The Hall–Kier alpha value is -2.54. The zero-order chi connectivity index (χ0) is 18.3. The Morgan fingerprint density at radius 1 is 1.04 bits per heavy atom. The van der Waals surface area contributed by atoms with Crippen LogP contribution in [0.1, 0.15) is 25.0 Å². The highest BCUT2D eigenvalue weighted by Crippen LogP contribution is 2.24. The van der Waals surface area contributed by atoms with Gasteiger partial charge in [0.1, 0.15) is 11.5 Å². The van der Waals surface area contributed by atoms with Gasteiger partial charge < -0.3 is 9.47 Å². The normalized spacial score (nSPS) is 11.5. The summed E-state index contributed by atoms with van der Waals surface area (Å²) < 4.78 is 35.4. The van der Waals surface area contributed by atoms with Crippen molar-refractivity contribution in [2.75, 3.05) is 13.2 Å². The van der Waals surface area contributed by atoms with Gasteiger partial charge in [0.15, 0.2) is 0 Å². The van der Waals surface area contributed by atoms with Crippen molar-refractivity contribution in [3.63, 3.8) is 0 Å². The van der Waals surface area contributed by atoms with E-state index in [2.05, 4.69) is 9.93 Å². The van der Waals surface area contributed by atoms with Crippen LogP contribution in [0.5, 0.6) is 11.5 Å². The van der Waals surface area contributed by atoms with Crippen molar-refractivity contribution in [3.05, 3.63) is 53.6 Å². The molecule has 25 heavy (non-hydrogen) atoms. The summed E-state index contributed by atoms with van der Waals surface area (Å²) in [5, 5.41) is 3.85. The fourth-order valence-corrected chi connectivity index (χ4v) is 2.88. The molecule has 2 aromatic carbocycles. The number of sulfonamides is 1. The fraction of sp³-hybridized carbons (Fsp3) is 0.278. The molecule has 1 N–H and O–H groups in total. The second kappa shape index (κ2) is 8.53. The van der Waals surface area contributed by atoms with Crippen LogP contribution < -0.4 is 14.3 Å². The van der Waals surface area contributed by atoms with E-state index in [0.29, 0.717) is 30.3 Å². The van der Waals surface area contributed by atoms with Gasteiger partial charge in [0.2, 0.25) is 0 Å². The van der Waals surface area contributed by atoms with E-state index in [1.807, 2.05) is 20.8 Å². The van der Waals surface area contributed by atoms with Crippen molar-refractivity contribution in [1.82, 2.24) is 4.83 Å². The summed E-state index contributed by atoms with van der Waals surface area (Å²) in [4.78, 5) is 2.37. The third-order valence-electron chi connectivity index (χ3n) is 3.30. The van der Waals surface area contributed by atoms with Gasteiger partial charge in [-0.2, -0.15) is 13.5 Å². The number of nitrogens with one attached hydrogen (secondary N) is 1. The Morgan fingerprint density at radius 3 is 2.36 bits per heavy atom. The molecule has 0 unspecified atom stereocenters. The van der Waals surface area contributed by atoms with E-state index < -0.39 is 10.0 Å². The van der Waals surface area contributed by atoms with E-state index in [-0.39, 0.29) is 4.90 Å². The molecule has 0 amide bonds. The molecule has 0 aliphatic carbocycles. The summed E-state index contributed by atoms with van der Waals surface area (Å²) in [5.41, 5.74) is 1.63. The number of ether oxygens (including phenoxy) is 2. The zero-order valence-corrected chi connectivity index (χ0v) is 15.3. The van der Waals surface area contributed by atoms with Gasteiger partial charge in [-0.3, -0.25) is 0 Å². The van der Waals surface area contributed by atoms with E-state index in [1.54, 1.807) is 30.3 Å². The van der Waals surface area contributed by atoms with Gasteiger partial charge in [-0.15, -0.1) is 0 Å². The first kappa shape index (κ1) is 18.8. The van der Waals surface area contributed by atoms with Crippen molar-refractivity contribution in [3.8, 4) is 11.5 Å². The summed E-state index contributed by atoms with van der Waals surface area (Å²) in [6, 6.07) is 11.8. The standard InChI is InChI=1S/C18H22N2O4S/c1-4-23-16-9-8-15(18(12-16)24-5-2)13-19-20-25(21,22)17-10-6-14(3)7-11-17/h6-13,20H,4-5H2,1-3H3. The lowest BCUT2D eigenvalue weighted by atomic mass is 10.2. The molecule has 0 aromatic heterocycles. The molecule has 0 aliphatic heterocycles. The average Bonchev–Trinajstić information content (AvgIpc) is 2.57. The van der Waals surface area contributed by atoms with Crippen molar-refractivity contribution >= 4 is 16.2 Å². The molecule has 0 saturated carbocycles. The first-order valence-corrected chi connectivity index (χ1v) is 9.45. The van der Waals surface area contributed by atoms with Crippen molar-refractivity contribution in [1.29, 1.82) is 0 Å². The van der Waals surface area contributed by atoms with Crippen LogP contribution in [0.25, 0.3) is 0 Å². The summed E-state index contributed by atoms with van der Waals surface area (Å²) in [5.74, 6) is 1.26. The molecular weight excluding hydrogens is 340 g/mol. The lowest BCUT2D eigenvalue weighted by molar-refractivity contribution is 0.323. The van der Waals surface area contributed by atoms with E-state index in [9.17, 15) is 8.42 Å². The van der Waals surface area contributed by atoms with Crippen LogP contribution in [0.15, 0.2) is 52.5 Å². The molecule has 6 nitrogen and oxygen atoms in total. The Bertz CT molecular complexity index is 831. The van der Waals surface area contributed by atoms with E-state index in [1.165, 1.54) is 18.3 Å². The minimum absolute atomic E-state index is 0.159. The molecule has 2 rings (SSSR count). The molecule has 0 saturated heterocycles. The first-order chi connectivity index (χ1) is 12.0. The molecule has 0 heterocycles. The molecule has 0 atom stereocenters. The predicted molar refractivity (Wildman–Crippen MR) is 97.9 cm³/mol. The fourth-order valence-electron chi connectivity index (χ4n) is 2.09. The maximum atomic E-state index is 12.2. The molecule has 0 radical (unpaired) electrons. The largest absolute Gasteiger partial charge is 0.494 e. The predicted octanol–water partition coefficient (Wildman–Crippen LogP) is 3.10. The Labute approximate surface area is 148 Å². The lowest BCUT2D eigenvalue weighted by Crippen LogP contribution is -2.18. The summed E-state index contributed by atoms with van der Waals surface area (Å²) in [6.45, 7) is 6.69. The average molecular weight is 362 g/mol. The molecule has 0 aliphatic rings. The lowest BCUT2D eigenvalue weighted by Gasteiger charge is -2.10. The Balaban J connectivity index is 2.16. The number of nitrogens with zero attached hydrogens (tertiary/aromatic N) is 1. The van der Waals surface area contributed by atoms with Crippen LogP contribution in [0.2, 0.25) is 0 Å². The van der Waals surface area contributed by atoms with Gasteiger partial charge >= 0.3 is 0 Å². The number of hydrazone groups is 1. The maximum absolute atomic E-state index is 12.2. The second-order valence-electron chi connectivity index (χ2n) is 5.23. The number of hydrogen-bond donors (Lipinski definition) is 1. The first-order valence-electron chi connectivity index (χ1n) is 7.97. The molecule has 7 heteroatoms. The Morgan fingerprint density at radius 2 is 1.72 bits per heavy atom. The summed E-state index contributed by atoms with van der Waals surface area (Å²) in [6.07, 6.45) is 1.41.